The SMILES string of the molecule is COc1cc(NC(=O)CCCNC(=O)c2c(C)nc3c(C)cccn23)c(OC)cc1Cl. The molecule has 2 amide bonds. The van der Waals surface area contributed by atoms with E-state index in [-0.39, 0.29) is 18.2 Å². The van der Waals surface area contributed by atoms with Gasteiger partial charge in [-0.05, 0) is 31.9 Å². The van der Waals surface area contributed by atoms with Gasteiger partial charge in [-0.25, -0.2) is 4.98 Å². The second-order valence-corrected chi connectivity index (χ2v) is 7.43. The van der Waals surface area contributed by atoms with E-state index in [0.29, 0.717) is 46.6 Å². The van der Waals surface area contributed by atoms with Gasteiger partial charge in [-0.3, -0.25) is 14.0 Å². The number of nitrogens with one attached hydrogen (secondary N) is 2. The number of aromatic nitrogens is 2. The van der Waals surface area contributed by atoms with Crippen LogP contribution in [-0.4, -0.2) is 42.0 Å². The molecule has 0 aliphatic heterocycles. The number of methoxy groups -OCH3 is 2. The van der Waals surface area contributed by atoms with Gasteiger partial charge in [0.2, 0.25) is 5.91 Å². The molecule has 0 aliphatic carbocycles. The summed E-state index contributed by atoms with van der Waals surface area (Å²) < 4.78 is 12.2. The molecule has 3 rings (SSSR count). The fraction of sp³-hybridized carbons (Fsp3) is 0.318. The van der Waals surface area contributed by atoms with Crippen molar-refractivity contribution in [1.29, 1.82) is 0 Å². The zero-order chi connectivity index (χ0) is 22.5. The van der Waals surface area contributed by atoms with Gasteiger partial charge < -0.3 is 20.1 Å². The van der Waals surface area contributed by atoms with Gasteiger partial charge in [-0.1, -0.05) is 17.7 Å². The number of ether oxygens (including phenoxy) is 2. The Balaban J connectivity index is 1.56. The fourth-order valence-electron chi connectivity index (χ4n) is 3.30. The Morgan fingerprint density at radius 3 is 2.61 bits per heavy atom. The number of rotatable bonds is 8. The van der Waals surface area contributed by atoms with Crippen LogP contribution in [0.5, 0.6) is 11.5 Å². The van der Waals surface area contributed by atoms with E-state index >= 15 is 0 Å². The summed E-state index contributed by atoms with van der Waals surface area (Å²) in [7, 11) is 2.99. The first-order valence-corrected chi connectivity index (χ1v) is 10.2. The number of pyridine rings is 1. The third-order valence-electron chi connectivity index (χ3n) is 4.85. The minimum atomic E-state index is -0.222. The van der Waals surface area contributed by atoms with E-state index in [1.165, 1.54) is 14.2 Å². The molecule has 164 valence electrons. The predicted octanol–water partition coefficient (Wildman–Crippen LogP) is 3.77. The van der Waals surface area contributed by atoms with Gasteiger partial charge >= 0.3 is 0 Å². The second-order valence-electron chi connectivity index (χ2n) is 7.03. The number of hydrogen-bond acceptors (Lipinski definition) is 5. The number of halogens is 1. The Hall–Kier alpha value is -3.26. The van der Waals surface area contributed by atoms with Crippen molar-refractivity contribution in [2.75, 3.05) is 26.1 Å². The molecule has 0 unspecified atom stereocenters. The van der Waals surface area contributed by atoms with Crippen LogP contribution in [0.3, 0.4) is 0 Å². The molecule has 2 heterocycles. The molecule has 1 aromatic carbocycles. The minimum absolute atomic E-state index is 0.210. The van der Waals surface area contributed by atoms with Crippen molar-refractivity contribution in [2.45, 2.75) is 26.7 Å². The summed E-state index contributed by atoms with van der Waals surface area (Å²) in [5.41, 5.74) is 3.39. The summed E-state index contributed by atoms with van der Waals surface area (Å²) in [4.78, 5) is 29.5. The molecule has 0 radical (unpaired) electrons. The maximum absolute atomic E-state index is 12.7. The van der Waals surface area contributed by atoms with Crippen LogP contribution in [0, 0.1) is 13.8 Å². The van der Waals surface area contributed by atoms with E-state index in [2.05, 4.69) is 15.6 Å². The number of hydrogen-bond donors (Lipinski definition) is 2. The molecule has 0 saturated carbocycles. The van der Waals surface area contributed by atoms with E-state index in [0.717, 1.165) is 11.2 Å². The number of fused-ring (bicyclic) bond motifs is 1. The number of benzene rings is 1. The van der Waals surface area contributed by atoms with Crippen LogP contribution >= 0.6 is 11.6 Å². The average Bonchev–Trinajstić information content (AvgIpc) is 3.09. The molecule has 3 aromatic rings. The van der Waals surface area contributed by atoms with Crippen LogP contribution in [0.25, 0.3) is 5.65 Å². The van der Waals surface area contributed by atoms with Crippen molar-refractivity contribution in [1.82, 2.24) is 14.7 Å². The van der Waals surface area contributed by atoms with Crippen molar-refractivity contribution in [3.8, 4) is 11.5 Å². The summed E-state index contributed by atoms with van der Waals surface area (Å²) in [5, 5.41) is 6.04. The molecular weight excluding hydrogens is 420 g/mol. The summed E-state index contributed by atoms with van der Waals surface area (Å²) >= 11 is 6.08. The number of aryl methyl sites for hydroxylation is 2. The van der Waals surface area contributed by atoms with E-state index in [1.807, 2.05) is 32.2 Å². The second kappa shape index (κ2) is 9.70. The lowest BCUT2D eigenvalue weighted by molar-refractivity contribution is -0.116. The maximum Gasteiger partial charge on any atom is 0.270 e. The van der Waals surface area contributed by atoms with Crippen LogP contribution in [0.1, 0.15) is 34.6 Å². The lowest BCUT2D eigenvalue weighted by Crippen LogP contribution is -2.27. The monoisotopic (exact) mass is 444 g/mol. The van der Waals surface area contributed by atoms with Crippen LogP contribution in [-0.2, 0) is 4.79 Å². The van der Waals surface area contributed by atoms with E-state index in [9.17, 15) is 9.59 Å². The highest BCUT2D eigenvalue weighted by Gasteiger charge is 2.17. The molecule has 9 heteroatoms. The summed E-state index contributed by atoms with van der Waals surface area (Å²) in [6.45, 7) is 4.11. The predicted molar refractivity (Wildman–Crippen MR) is 119 cm³/mol. The third-order valence-corrected chi connectivity index (χ3v) is 5.14. The molecule has 0 saturated heterocycles. The maximum atomic E-state index is 12.7. The topological polar surface area (TPSA) is 94.0 Å². The Labute approximate surface area is 185 Å². The van der Waals surface area contributed by atoms with Gasteiger partial charge in [-0.15, -0.1) is 0 Å². The van der Waals surface area contributed by atoms with Gasteiger partial charge in [0.1, 0.15) is 22.8 Å². The van der Waals surface area contributed by atoms with Crippen LogP contribution in [0.15, 0.2) is 30.5 Å². The number of anilines is 1. The van der Waals surface area contributed by atoms with Crippen molar-refractivity contribution in [2.24, 2.45) is 0 Å². The molecule has 0 bridgehead atoms. The molecule has 0 aliphatic rings. The molecule has 0 atom stereocenters. The zero-order valence-corrected chi connectivity index (χ0v) is 18.7. The lowest BCUT2D eigenvalue weighted by atomic mass is 10.2. The molecule has 2 aromatic heterocycles. The Bertz CT molecular complexity index is 1130. The lowest BCUT2D eigenvalue weighted by Gasteiger charge is -2.13. The smallest absolute Gasteiger partial charge is 0.270 e. The van der Waals surface area contributed by atoms with Crippen molar-refractivity contribution >= 4 is 34.7 Å². The summed E-state index contributed by atoms with van der Waals surface area (Å²) in [5.74, 6) is 0.438. The van der Waals surface area contributed by atoms with Crippen LogP contribution in [0.2, 0.25) is 5.02 Å². The highest BCUT2D eigenvalue weighted by Crippen LogP contribution is 2.35. The van der Waals surface area contributed by atoms with Gasteiger partial charge in [0.25, 0.3) is 5.91 Å². The van der Waals surface area contributed by atoms with Gasteiger partial charge in [0.15, 0.2) is 0 Å². The number of nitrogens with zero attached hydrogens (tertiary/aromatic N) is 2. The zero-order valence-electron chi connectivity index (χ0n) is 17.9. The van der Waals surface area contributed by atoms with Crippen LogP contribution < -0.4 is 20.1 Å². The first-order valence-electron chi connectivity index (χ1n) is 9.79. The van der Waals surface area contributed by atoms with Crippen molar-refractivity contribution < 1.29 is 19.1 Å². The van der Waals surface area contributed by atoms with Crippen molar-refractivity contribution in [3.05, 3.63) is 52.4 Å². The number of imidazole rings is 1. The molecule has 2 N–H and O–H groups in total. The first kappa shape index (κ1) is 22.4. The Kier molecular flexibility index (Phi) is 7.02. The van der Waals surface area contributed by atoms with Gasteiger partial charge in [0, 0.05) is 31.3 Å². The van der Waals surface area contributed by atoms with E-state index < -0.39 is 0 Å². The van der Waals surface area contributed by atoms with E-state index in [1.54, 1.807) is 16.5 Å². The number of carbonyl (C=O) groups is 2. The quantitative estimate of drug-likeness (QED) is 0.516. The average molecular weight is 445 g/mol. The Morgan fingerprint density at radius 2 is 1.90 bits per heavy atom. The van der Waals surface area contributed by atoms with E-state index in [4.69, 9.17) is 21.1 Å². The van der Waals surface area contributed by atoms with Gasteiger partial charge in [0.05, 0.1) is 30.6 Å². The number of carbonyl (C=O) groups excluding carboxylic acids is 2. The molecular formula is C22H25ClN4O4. The van der Waals surface area contributed by atoms with Crippen molar-refractivity contribution in [3.63, 3.8) is 0 Å². The minimum Gasteiger partial charge on any atom is -0.495 e. The summed E-state index contributed by atoms with van der Waals surface area (Å²) in [6.07, 6.45) is 2.51. The highest BCUT2D eigenvalue weighted by atomic mass is 35.5. The standard InChI is InChI=1S/C22H25ClN4O4/c1-13-7-6-10-27-20(14(2)25-21(13)27)22(29)24-9-5-8-19(28)26-16-12-17(30-3)15(23)11-18(16)31-4/h6-7,10-12H,5,8-9H2,1-4H3,(H,24,29)(H,26,28). The largest absolute Gasteiger partial charge is 0.495 e. The van der Waals surface area contributed by atoms with Crippen LogP contribution in [0.4, 0.5) is 5.69 Å². The molecule has 0 fully saturated rings. The highest BCUT2D eigenvalue weighted by molar-refractivity contribution is 6.32. The Morgan fingerprint density at radius 1 is 1.16 bits per heavy atom. The first-order chi connectivity index (χ1) is 14.8. The normalized spacial score (nSPS) is 10.7. The molecule has 31 heavy (non-hydrogen) atoms. The molecule has 0 spiro atoms. The fourth-order valence-corrected chi connectivity index (χ4v) is 3.53. The third kappa shape index (κ3) is 4.91. The van der Waals surface area contributed by atoms with Gasteiger partial charge in [-0.2, -0.15) is 0 Å². The number of amides is 2. The summed E-state index contributed by atoms with van der Waals surface area (Å²) in [6, 6.07) is 7.02. The molecule has 8 nitrogen and oxygen atoms in total.